The maximum absolute atomic E-state index is 12.7. The lowest BCUT2D eigenvalue weighted by atomic mass is 10.1. The van der Waals surface area contributed by atoms with Crippen molar-refractivity contribution in [2.24, 2.45) is 5.92 Å². The first-order valence-electron chi connectivity index (χ1n) is 5.69. The maximum Gasteiger partial charge on any atom is 0.123 e. The van der Waals surface area contributed by atoms with Crippen LogP contribution in [-0.4, -0.2) is 12.6 Å². The zero-order chi connectivity index (χ0) is 12.0. The predicted molar refractivity (Wildman–Crippen MR) is 63.5 cm³/mol. The molecule has 0 aliphatic carbocycles. The second-order valence-electron chi connectivity index (χ2n) is 4.55. The van der Waals surface area contributed by atoms with Gasteiger partial charge in [-0.2, -0.15) is 5.48 Å². The van der Waals surface area contributed by atoms with Crippen LogP contribution in [0.25, 0.3) is 0 Å². The van der Waals surface area contributed by atoms with E-state index in [9.17, 15) is 4.39 Å². The first-order chi connectivity index (χ1) is 7.58. The molecule has 0 amide bonds. The minimum atomic E-state index is -0.194. The number of halogens is 1. The second-order valence-corrected chi connectivity index (χ2v) is 4.55. The van der Waals surface area contributed by atoms with Crippen molar-refractivity contribution in [1.29, 1.82) is 0 Å². The highest BCUT2D eigenvalue weighted by atomic mass is 19.1. The number of nitrogens with one attached hydrogen (secondary N) is 1. The van der Waals surface area contributed by atoms with Gasteiger partial charge in [-0.05, 0) is 37.0 Å². The molecular formula is C13H20FNO. The molecular weight excluding hydrogens is 205 g/mol. The van der Waals surface area contributed by atoms with Crippen LogP contribution in [0.4, 0.5) is 4.39 Å². The average molecular weight is 225 g/mol. The van der Waals surface area contributed by atoms with E-state index in [0.717, 1.165) is 12.0 Å². The number of benzene rings is 1. The fraction of sp³-hybridized carbons (Fsp3) is 0.538. The molecule has 0 saturated heterocycles. The van der Waals surface area contributed by atoms with Crippen LogP contribution in [0.15, 0.2) is 24.3 Å². The maximum atomic E-state index is 12.7. The van der Waals surface area contributed by atoms with Gasteiger partial charge in [0.1, 0.15) is 5.82 Å². The van der Waals surface area contributed by atoms with Gasteiger partial charge in [0.05, 0.1) is 6.61 Å². The highest BCUT2D eigenvalue weighted by Gasteiger charge is 2.04. The molecule has 0 radical (unpaired) electrons. The van der Waals surface area contributed by atoms with Crippen molar-refractivity contribution < 1.29 is 9.23 Å². The van der Waals surface area contributed by atoms with E-state index in [1.807, 2.05) is 6.92 Å². The van der Waals surface area contributed by atoms with Crippen molar-refractivity contribution in [3.05, 3.63) is 35.6 Å². The van der Waals surface area contributed by atoms with Gasteiger partial charge < -0.3 is 4.84 Å². The topological polar surface area (TPSA) is 21.3 Å². The van der Waals surface area contributed by atoms with E-state index in [2.05, 4.69) is 19.3 Å². The molecule has 1 atom stereocenters. The van der Waals surface area contributed by atoms with Crippen molar-refractivity contribution in [3.63, 3.8) is 0 Å². The van der Waals surface area contributed by atoms with Crippen LogP contribution in [0.5, 0.6) is 0 Å². The molecule has 0 fully saturated rings. The Morgan fingerprint density at radius 1 is 1.19 bits per heavy atom. The lowest BCUT2D eigenvalue weighted by Gasteiger charge is -2.14. The summed E-state index contributed by atoms with van der Waals surface area (Å²) >= 11 is 0. The van der Waals surface area contributed by atoms with Crippen molar-refractivity contribution in [1.82, 2.24) is 5.48 Å². The Labute approximate surface area is 96.8 Å². The number of hydroxylamine groups is 1. The third-order valence-corrected chi connectivity index (χ3v) is 2.16. The summed E-state index contributed by atoms with van der Waals surface area (Å²) in [5.41, 5.74) is 4.09. The molecule has 0 aliphatic rings. The summed E-state index contributed by atoms with van der Waals surface area (Å²) in [7, 11) is 0. The van der Waals surface area contributed by atoms with E-state index >= 15 is 0 Å². The Morgan fingerprint density at radius 3 is 2.38 bits per heavy atom. The van der Waals surface area contributed by atoms with Crippen LogP contribution in [0.2, 0.25) is 0 Å². The molecule has 0 heterocycles. The van der Waals surface area contributed by atoms with Gasteiger partial charge >= 0.3 is 0 Å². The first kappa shape index (κ1) is 13.1. The normalized spacial score (nSPS) is 13.1. The van der Waals surface area contributed by atoms with Crippen LogP contribution in [0.1, 0.15) is 26.3 Å². The minimum Gasteiger partial charge on any atom is -0.301 e. The number of hydrogen-bond acceptors (Lipinski definition) is 2. The average Bonchev–Trinajstić information content (AvgIpc) is 2.21. The monoisotopic (exact) mass is 225 g/mol. The van der Waals surface area contributed by atoms with Crippen LogP contribution >= 0.6 is 0 Å². The number of hydrogen-bond donors (Lipinski definition) is 1. The Bertz CT molecular complexity index is 297. The van der Waals surface area contributed by atoms with Crippen LogP contribution < -0.4 is 5.48 Å². The van der Waals surface area contributed by atoms with Crippen LogP contribution in [-0.2, 0) is 11.3 Å². The molecule has 2 nitrogen and oxygen atoms in total. The van der Waals surface area contributed by atoms with Crippen LogP contribution in [0, 0.1) is 11.7 Å². The summed E-state index contributed by atoms with van der Waals surface area (Å²) in [4.78, 5) is 5.33. The Balaban J connectivity index is 2.28. The third kappa shape index (κ3) is 5.24. The summed E-state index contributed by atoms with van der Waals surface area (Å²) in [6, 6.07) is 6.80. The summed E-state index contributed by atoms with van der Waals surface area (Å²) in [5.74, 6) is 0.325. The molecule has 1 aromatic carbocycles. The van der Waals surface area contributed by atoms with Gasteiger partial charge in [-0.3, -0.25) is 0 Å². The molecule has 1 rings (SSSR count). The summed E-state index contributed by atoms with van der Waals surface area (Å²) in [5, 5.41) is 0. The summed E-state index contributed by atoms with van der Waals surface area (Å²) in [6.45, 7) is 6.95. The van der Waals surface area contributed by atoms with Crippen molar-refractivity contribution in [2.75, 3.05) is 6.61 Å². The van der Waals surface area contributed by atoms with Crippen molar-refractivity contribution in [3.8, 4) is 0 Å². The van der Waals surface area contributed by atoms with Crippen molar-refractivity contribution in [2.45, 2.75) is 33.2 Å². The van der Waals surface area contributed by atoms with Gasteiger partial charge in [0.15, 0.2) is 0 Å². The first-order valence-corrected chi connectivity index (χ1v) is 5.69. The lowest BCUT2D eigenvalue weighted by molar-refractivity contribution is 0.00473. The molecule has 0 saturated carbocycles. The summed E-state index contributed by atoms with van der Waals surface area (Å²) in [6.07, 6.45) is 0.832. The quantitative estimate of drug-likeness (QED) is 0.752. The highest BCUT2D eigenvalue weighted by molar-refractivity contribution is 5.16. The van der Waals surface area contributed by atoms with E-state index in [1.54, 1.807) is 12.1 Å². The van der Waals surface area contributed by atoms with Gasteiger partial charge in [0, 0.05) is 6.04 Å². The lowest BCUT2D eigenvalue weighted by Crippen LogP contribution is -2.29. The van der Waals surface area contributed by atoms with E-state index < -0.39 is 0 Å². The smallest absolute Gasteiger partial charge is 0.123 e. The van der Waals surface area contributed by atoms with Gasteiger partial charge in [0.2, 0.25) is 0 Å². The molecule has 16 heavy (non-hydrogen) atoms. The molecule has 1 N–H and O–H groups in total. The largest absolute Gasteiger partial charge is 0.301 e. The molecule has 0 spiro atoms. The minimum absolute atomic E-state index is 0.194. The molecule has 3 heteroatoms. The highest BCUT2D eigenvalue weighted by Crippen LogP contribution is 2.05. The Hall–Kier alpha value is -0.930. The SMILES string of the molecule is CC(C)CONC(C)Cc1ccc(F)cc1. The van der Waals surface area contributed by atoms with Gasteiger partial charge in [-0.15, -0.1) is 0 Å². The zero-order valence-electron chi connectivity index (χ0n) is 10.2. The van der Waals surface area contributed by atoms with Gasteiger partial charge in [-0.1, -0.05) is 26.0 Å². The molecule has 1 unspecified atom stereocenters. The Morgan fingerprint density at radius 2 is 1.81 bits per heavy atom. The molecule has 0 bridgehead atoms. The molecule has 0 aliphatic heterocycles. The van der Waals surface area contributed by atoms with Gasteiger partial charge in [0.25, 0.3) is 0 Å². The standard InChI is InChI=1S/C13H20FNO/c1-10(2)9-16-15-11(3)8-12-4-6-13(14)7-5-12/h4-7,10-11,15H,8-9H2,1-3H3. The zero-order valence-corrected chi connectivity index (χ0v) is 10.2. The van der Waals surface area contributed by atoms with E-state index in [4.69, 9.17) is 4.84 Å². The summed E-state index contributed by atoms with van der Waals surface area (Å²) < 4.78 is 12.7. The van der Waals surface area contributed by atoms with Crippen LogP contribution in [0.3, 0.4) is 0 Å². The second kappa shape index (κ2) is 6.61. The van der Waals surface area contributed by atoms with E-state index in [1.165, 1.54) is 12.1 Å². The van der Waals surface area contributed by atoms with Gasteiger partial charge in [-0.25, -0.2) is 4.39 Å². The van der Waals surface area contributed by atoms with Crippen molar-refractivity contribution >= 4 is 0 Å². The Kier molecular flexibility index (Phi) is 5.43. The van der Waals surface area contributed by atoms with E-state index in [-0.39, 0.29) is 11.9 Å². The molecule has 0 aromatic heterocycles. The number of rotatable bonds is 6. The molecule has 1 aromatic rings. The fourth-order valence-electron chi connectivity index (χ4n) is 1.37. The molecule has 90 valence electrons. The predicted octanol–water partition coefficient (Wildman–Crippen LogP) is 2.93. The third-order valence-electron chi connectivity index (χ3n) is 2.16. The fourth-order valence-corrected chi connectivity index (χ4v) is 1.37. The van der Waals surface area contributed by atoms with E-state index in [0.29, 0.717) is 12.5 Å².